The van der Waals surface area contributed by atoms with Crippen molar-refractivity contribution in [1.82, 2.24) is 0 Å². The fourth-order valence-corrected chi connectivity index (χ4v) is 1.52. The van der Waals surface area contributed by atoms with E-state index in [2.05, 4.69) is 15.9 Å². The van der Waals surface area contributed by atoms with Gasteiger partial charge in [-0.3, -0.25) is 4.79 Å². The molecular weight excluding hydrogens is 240 g/mol. The minimum Gasteiger partial charge on any atom is -0.294 e. The van der Waals surface area contributed by atoms with E-state index in [0.717, 1.165) is 15.6 Å². The predicted octanol–water partition coefficient (Wildman–Crippen LogP) is 3.99. The summed E-state index contributed by atoms with van der Waals surface area (Å²) in [6.07, 6.45) is 2.48. The molecule has 0 unspecified atom stereocenters. The molecule has 0 saturated heterocycles. The second kappa shape index (κ2) is 5.11. The topological polar surface area (TPSA) is 17.1 Å². The Kier molecular flexibility index (Phi) is 4.08. The smallest absolute Gasteiger partial charge is 0.166 e. The number of hydrogen-bond donors (Lipinski definition) is 0. The first kappa shape index (κ1) is 11.2. The third kappa shape index (κ3) is 3.11. The van der Waals surface area contributed by atoms with Crippen LogP contribution in [0.25, 0.3) is 0 Å². The van der Waals surface area contributed by atoms with E-state index < -0.39 is 0 Å². The minimum absolute atomic E-state index is 0.168. The lowest BCUT2D eigenvalue weighted by Crippen LogP contribution is -1.99. The van der Waals surface area contributed by atoms with E-state index >= 15 is 0 Å². The van der Waals surface area contributed by atoms with Gasteiger partial charge in [0.1, 0.15) is 0 Å². The standard InChI is InChI=1S/C12H13BrO/c1-3-9(2)7-12(14)10-5-4-6-11(13)8-10/h3-6,8H,7H2,1-2H3/b9-3-. The molecule has 14 heavy (non-hydrogen) atoms. The molecule has 0 atom stereocenters. The summed E-state index contributed by atoms with van der Waals surface area (Å²) in [5, 5.41) is 0. The molecule has 0 bridgehead atoms. The largest absolute Gasteiger partial charge is 0.294 e. The van der Waals surface area contributed by atoms with Crippen molar-refractivity contribution in [1.29, 1.82) is 0 Å². The third-order valence-electron chi connectivity index (χ3n) is 2.08. The molecule has 0 saturated carbocycles. The van der Waals surface area contributed by atoms with Crippen LogP contribution in [0.2, 0.25) is 0 Å². The molecule has 0 N–H and O–H groups in total. The number of carbonyl (C=O) groups is 1. The van der Waals surface area contributed by atoms with Crippen molar-refractivity contribution in [3.63, 3.8) is 0 Å². The highest BCUT2D eigenvalue weighted by molar-refractivity contribution is 9.10. The second-order valence-electron chi connectivity index (χ2n) is 3.25. The van der Waals surface area contributed by atoms with Crippen molar-refractivity contribution >= 4 is 21.7 Å². The Morgan fingerprint density at radius 2 is 2.21 bits per heavy atom. The van der Waals surface area contributed by atoms with E-state index in [1.54, 1.807) is 0 Å². The van der Waals surface area contributed by atoms with Gasteiger partial charge >= 0.3 is 0 Å². The van der Waals surface area contributed by atoms with Gasteiger partial charge in [0, 0.05) is 16.5 Å². The number of carbonyl (C=O) groups excluding carboxylic acids is 1. The van der Waals surface area contributed by atoms with Gasteiger partial charge in [0.15, 0.2) is 5.78 Å². The number of benzene rings is 1. The zero-order chi connectivity index (χ0) is 10.6. The highest BCUT2D eigenvalue weighted by Crippen LogP contribution is 2.14. The van der Waals surface area contributed by atoms with Crippen LogP contribution in [-0.4, -0.2) is 5.78 Å². The summed E-state index contributed by atoms with van der Waals surface area (Å²) in [6.45, 7) is 3.92. The lowest BCUT2D eigenvalue weighted by Gasteiger charge is -2.01. The van der Waals surface area contributed by atoms with E-state index in [4.69, 9.17) is 0 Å². The van der Waals surface area contributed by atoms with Crippen LogP contribution in [0.3, 0.4) is 0 Å². The quantitative estimate of drug-likeness (QED) is 0.588. The number of ketones is 1. The fourth-order valence-electron chi connectivity index (χ4n) is 1.12. The summed E-state index contributed by atoms with van der Waals surface area (Å²) in [6, 6.07) is 7.49. The molecule has 0 spiro atoms. The van der Waals surface area contributed by atoms with Gasteiger partial charge in [-0.1, -0.05) is 39.7 Å². The summed E-state index contributed by atoms with van der Waals surface area (Å²) in [5.41, 5.74) is 1.87. The van der Waals surface area contributed by atoms with Gasteiger partial charge < -0.3 is 0 Å². The van der Waals surface area contributed by atoms with Crippen LogP contribution in [0.15, 0.2) is 40.4 Å². The van der Waals surface area contributed by atoms with Gasteiger partial charge in [0.25, 0.3) is 0 Å². The maximum atomic E-state index is 11.7. The lowest BCUT2D eigenvalue weighted by atomic mass is 10.0. The number of halogens is 1. The molecule has 0 aliphatic rings. The van der Waals surface area contributed by atoms with Crippen LogP contribution in [0.1, 0.15) is 30.6 Å². The van der Waals surface area contributed by atoms with Gasteiger partial charge in [-0.25, -0.2) is 0 Å². The van der Waals surface area contributed by atoms with Crippen LogP contribution in [0.4, 0.5) is 0 Å². The Balaban J connectivity index is 2.80. The van der Waals surface area contributed by atoms with E-state index in [1.165, 1.54) is 0 Å². The van der Waals surface area contributed by atoms with Crippen LogP contribution < -0.4 is 0 Å². The van der Waals surface area contributed by atoms with Gasteiger partial charge in [0.2, 0.25) is 0 Å². The monoisotopic (exact) mass is 252 g/mol. The lowest BCUT2D eigenvalue weighted by molar-refractivity contribution is 0.0993. The molecule has 0 aliphatic carbocycles. The predicted molar refractivity (Wildman–Crippen MR) is 62.5 cm³/mol. The second-order valence-corrected chi connectivity index (χ2v) is 4.16. The van der Waals surface area contributed by atoms with E-state index in [0.29, 0.717) is 6.42 Å². The molecule has 1 aromatic rings. The highest BCUT2D eigenvalue weighted by Gasteiger charge is 2.05. The first-order valence-electron chi connectivity index (χ1n) is 4.54. The highest BCUT2D eigenvalue weighted by atomic mass is 79.9. The van der Waals surface area contributed by atoms with Crippen molar-refractivity contribution in [2.24, 2.45) is 0 Å². The van der Waals surface area contributed by atoms with Crippen molar-refractivity contribution in [3.05, 3.63) is 46.0 Å². The number of Topliss-reactive ketones (excluding diaryl/α,β-unsaturated/α-hetero) is 1. The van der Waals surface area contributed by atoms with E-state index in [9.17, 15) is 4.79 Å². The van der Waals surface area contributed by atoms with Crippen molar-refractivity contribution in [3.8, 4) is 0 Å². The summed E-state index contributed by atoms with van der Waals surface area (Å²) in [7, 11) is 0. The van der Waals surface area contributed by atoms with Gasteiger partial charge in [0.05, 0.1) is 0 Å². The first-order valence-corrected chi connectivity index (χ1v) is 5.33. The molecule has 0 amide bonds. The molecule has 1 nitrogen and oxygen atoms in total. The van der Waals surface area contributed by atoms with Crippen LogP contribution >= 0.6 is 15.9 Å². The first-order chi connectivity index (χ1) is 6.63. The van der Waals surface area contributed by atoms with Crippen LogP contribution in [0.5, 0.6) is 0 Å². The average Bonchev–Trinajstić information content (AvgIpc) is 2.17. The molecule has 0 aliphatic heterocycles. The van der Waals surface area contributed by atoms with Crippen molar-refractivity contribution in [2.45, 2.75) is 20.3 Å². The number of allylic oxidation sites excluding steroid dienone is 2. The minimum atomic E-state index is 0.168. The Labute approximate surface area is 93.0 Å². The molecule has 74 valence electrons. The Morgan fingerprint density at radius 1 is 1.50 bits per heavy atom. The molecular formula is C12H13BrO. The van der Waals surface area contributed by atoms with Crippen molar-refractivity contribution < 1.29 is 4.79 Å². The zero-order valence-electron chi connectivity index (χ0n) is 8.38. The van der Waals surface area contributed by atoms with Crippen LogP contribution in [-0.2, 0) is 0 Å². The SMILES string of the molecule is C/C=C(/C)CC(=O)c1cccc(Br)c1. The molecule has 1 aromatic carbocycles. The molecule has 0 fully saturated rings. The van der Waals surface area contributed by atoms with Crippen LogP contribution in [0, 0.1) is 0 Å². The number of rotatable bonds is 3. The van der Waals surface area contributed by atoms with E-state index in [1.807, 2.05) is 44.2 Å². The fraction of sp³-hybridized carbons (Fsp3) is 0.250. The number of hydrogen-bond acceptors (Lipinski definition) is 1. The Morgan fingerprint density at radius 3 is 2.79 bits per heavy atom. The molecule has 2 heteroatoms. The molecule has 0 heterocycles. The summed E-state index contributed by atoms with van der Waals surface area (Å²) in [4.78, 5) is 11.7. The maximum Gasteiger partial charge on any atom is 0.166 e. The average molecular weight is 253 g/mol. The summed E-state index contributed by atoms with van der Waals surface area (Å²) in [5.74, 6) is 0.168. The third-order valence-corrected chi connectivity index (χ3v) is 2.57. The maximum absolute atomic E-state index is 11.7. The van der Waals surface area contributed by atoms with Gasteiger partial charge in [-0.15, -0.1) is 0 Å². The Hall–Kier alpha value is -0.890. The normalized spacial score (nSPS) is 11.5. The molecule has 1 rings (SSSR count). The Bertz CT molecular complexity index is 366. The van der Waals surface area contributed by atoms with E-state index in [-0.39, 0.29) is 5.78 Å². The van der Waals surface area contributed by atoms with Gasteiger partial charge in [-0.2, -0.15) is 0 Å². The molecule has 0 radical (unpaired) electrons. The summed E-state index contributed by atoms with van der Waals surface area (Å²) >= 11 is 3.35. The zero-order valence-corrected chi connectivity index (χ0v) is 9.97. The molecule has 0 aromatic heterocycles. The van der Waals surface area contributed by atoms with Crippen molar-refractivity contribution in [2.75, 3.05) is 0 Å². The van der Waals surface area contributed by atoms with Gasteiger partial charge in [-0.05, 0) is 26.0 Å². The summed E-state index contributed by atoms with van der Waals surface area (Å²) < 4.78 is 0.946.